The molecule has 0 saturated heterocycles. The fourth-order valence-electron chi connectivity index (χ4n) is 3.15. The summed E-state index contributed by atoms with van der Waals surface area (Å²) >= 11 is 0. The quantitative estimate of drug-likeness (QED) is 0.468. The number of pyridine rings is 1. The van der Waals surface area contributed by atoms with Crippen LogP contribution in [0.3, 0.4) is 0 Å². The first kappa shape index (κ1) is 18.8. The smallest absolute Gasteiger partial charge is 0.270 e. The molecule has 29 heavy (non-hydrogen) atoms. The van der Waals surface area contributed by atoms with Gasteiger partial charge in [0.15, 0.2) is 0 Å². The summed E-state index contributed by atoms with van der Waals surface area (Å²) in [6, 6.07) is 9.69. The molecule has 8 heteroatoms. The van der Waals surface area contributed by atoms with E-state index in [1.54, 1.807) is 29.3 Å². The Labute approximate surface area is 168 Å². The van der Waals surface area contributed by atoms with Crippen LogP contribution in [0.2, 0.25) is 0 Å². The van der Waals surface area contributed by atoms with Crippen molar-refractivity contribution in [1.82, 2.24) is 29.5 Å². The lowest BCUT2D eigenvalue weighted by Gasteiger charge is -2.10. The Morgan fingerprint density at radius 2 is 1.93 bits per heavy atom. The zero-order valence-electron chi connectivity index (χ0n) is 16.2. The normalized spacial score (nSPS) is 11.1. The van der Waals surface area contributed by atoms with Crippen molar-refractivity contribution in [3.63, 3.8) is 0 Å². The standard InChI is InChI=1S/C21H22N6O2/c1-2-29-11-3-9-24-21(28)19-8-10-25-27(19)20-7-6-18-5-4-16(14-26(18)20)17-12-22-15-23-13-17/h4-8,10,12-15H,2-3,9,11H2,1H3,(H,24,28). The molecule has 0 fully saturated rings. The summed E-state index contributed by atoms with van der Waals surface area (Å²) in [6.07, 6.45) is 9.44. The molecule has 4 heterocycles. The molecule has 4 rings (SSSR count). The molecule has 0 aliphatic heterocycles. The van der Waals surface area contributed by atoms with E-state index in [4.69, 9.17) is 4.74 Å². The number of fused-ring (bicyclic) bond motifs is 1. The third kappa shape index (κ3) is 4.02. The van der Waals surface area contributed by atoms with E-state index < -0.39 is 0 Å². The van der Waals surface area contributed by atoms with Gasteiger partial charge in [0.25, 0.3) is 5.91 Å². The van der Waals surface area contributed by atoms with Gasteiger partial charge in [-0.25, -0.2) is 14.6 Å². The number of carbonyl (C=O) groups is 1. The first-order valence-electron chi connectivity index (χ1n) is 9.55. The maximum absolute atomic E-state index is 12.6. The molecular formula is C21H22N6O2. The highest BCUT2D eigenvalue weighted by molar-refractivity contribution is 5.93. The zero-order chi connectivity index (χ0) is 20.1. The molecule has 0 bridgehead atoms. The molecular weight excluding hydrogens is 368 g/mol. The molecule has 1 N–H and O–H groups in total. The number of rotatable bonds is 8. The van der Waals surface area contributed by atoms with Crippen LogP contribution in [0.4, 0.5) is 0 Å². The number of aromatic nitrogens is 5. The maximum atomic E-state index is 12.6. The Bertz CT molecular complexity index is 1100. The Hall–Kier alpha value is -3.52. The van der Waals surface area contributed by atoms with E-state index in [0.29, 0.717) is 25.5 Å². The van der Waals surface area contributed by atoms with Crippen molar-refractivity contribution in [1.29, 1.82) is 0 Å². The van der Waals surface area contributed by atoms with Crippen LogP contribution in [0.5, 0.6) is 0 Å². The number of hydrogen-bond acceptors (Lipinski definition) is 5. The van der Waals surface area contributed by atoms with Crippen LogP contribution < -0.4 is 5.32 Å². The van der Waals surface area contributed by atoms with Crippen molar-refractivity contribution >= 4 is 11.4 Å². The first-order chi connectivity index (χ1) is 14.3. The van der Waals surface area contributed by atoms with E-state index in [2.05, 4.69) is 20.4 Å². The zero-order valence-corrected chi connectivity index (χ0v) is 16.2. The van der Waals surface area contributed by atoms with E-state index in [9.17, 15) is 4.79 Å². The second kappa shape index (κ2) is 8.66. The first-order valence-corrected chi connectivity index (χ1v) is 9.55. The van der Waals surface area contributed by atoms with Crippen LogP contribution in [0.15, 0.2) is 61.4 Å². The highest BCUT2D eigenvalue weighted by Crippen LogP contribution is 2.22. The van der Waals surface area contributed by atoms with Crippen molar-refractivity contribution in [2.24, 2.45) is 0 Å². The summed E-state index contributed by atoms with van der Waals surface area (Å²) in [5.74, 6) is 0.615. The van der Waals surface area contributed by atoms with E-state index in [-0.39, 0.29) is 5.91 Å². The Morgan fingerprint density at radius 3 is 2.76 bits per heavy atom. The van der Waals surface area contributed by atoms with Gasteiger partial charge >= 0.3 is 0 Å². The van der Waals surface area contributed by atoms with Crippen LogP contribution in [0, 0.1) is 0 Å². The van der Waals surface area contributed by atoms with Gasteiger partial charge in [0.2, 0.25) is 0 Å². The fraction of sp³-hybridized carbons (Fsp3) is 0.238. The minimum Gasteiger partial charge on any atom is -0.382 e. The second-order valence-electron chi connectivity index (χ2n) is 6.47. The Balaban J connectivity index is 1.61. The molecule has 0 aromatic carbocycles. The monoisotopic (exact) mass is 390 g/mol. The molecule has 8 nitrogen and oxygen atoms in total. The highest BCUT2D eigenvalue weighted by atomic mass is 16.5. The molecule has 0 unspecified atom stereocenters. The predicted octanol–water partition coefficient (Wildman–Crippen LogP) is 2.74. The molecule has 4 aromatic rings. The Kier molecular flexibility index (Phi) is 5.62. The van der Waals surface area contributed by atoms with Gasteiger partial charge < -0.3 is 14.5 Å². The van der Waals surface area contributed by atoms with Crippen LogP contribution in [-0.2, 0) is 4.74 Å². The maximum Gasteiger partial charge on any atom is 0.270 e. The van der Waals surface area contributed by atoms with Crippen molar-refractivity contribution in [2.45, 2.75) is 13.3 Å². The highest BCUT2D eigenvalue weighted by Gasteiger charge is 2.15. The number of ether oxygens (including phenoxy) is 1. The summed E-state index contributed by atoms with van der Waals surface area (Å²) in [7, 11) is 0. The van der Waals surface area contributed by atoms with E-state index in [1.807, 2.05) is 41.8 Å². The lowest BCUT2D eigenvalue weighted by atomic mass is 10.1. The van der Waals surface area contributed by atoms with Crippen LogP contribution >= 0.6 is 0 Å². The van der Waals surface area contributed by atoms with E-state index >= 15 is 0 Å². The van der Waals surface area contributed by atoms with E-state index in [0.717, 1.165) is 28.9 Å². The number of carbonyl (C=O) groups excluding carboxylic acids is 1. The average molecular weight is 390 g/mol. The summed E-state index contributed by atoms with van der Waals surface area (Å²) in [6.45, 7) is 3.82. The van der Waals surface area contributed by atoms with Gasteiger partial charge in [0.1, 0.15) is 17.8 Å². The van der Waals surface area contributed by atoms with Gasteiger partial charge in [0.05, 0.1) is 6.20 Å². The molecule has 0 radical (unpaired) electrons. The van der Waals surface area contributed by atoms with Crippen LogP contribution in [0.1, 0.15) is 23.8 Å². The predicted molar refractivity (Wildman–Crippen MR) is 109 cm³/mol. The topological polar surface area (TPSA) is 86.3 Å². The van der Waals surface area contributed by atoms with Gasteiger partial charge in [-0.3, -0.25) is 4.79 Å². The van der Waals surface area contributed by atoms with E-state index in [1.165, 1.54) is 6.33 Å². The fourth-order valence-corrected chi connectivity index (χ4v) is 3.15. The lowest BCUT2D eigenvalue weighted by molar-refractivity contribution is 0.0936. The molecule has 148 valence electrons. The van der Waals surface area contributed by atoms with Crippen LogP contribution in [0.25, 0.3) is 22.5 Å². The second-order valence-corrected chi connectivity index (χ2v) is 6.47. The average Bonchev–Trinajstić information content (AvgIpc) is 3.40. The third-order valence-electron chi connectivity index (χ3n) is 4.57. The molecule has 4 aromatic heterocycles. The lowest BCUT2D eigenvalue weighted by Crippen LogP contribution is -2.27. The van der Waals surface area contributed by atoms with Crippen molar-refractivity contribution in [2.75, 3.05) is 19.8 Å². The SMILES string of the molecule is CCOCCCNC(=O)c1ccnn1-c1ccc2ccc(-c3cncnc3)cn12. The van der Waals surface area contributed by atoms with Crippen molar-refractivity contribution in [3.05, 3.63) is 67.1 Å². The largest absolute Gasteiger partial charge is 0.382 e. The summed E-state index contributed by atoms with van der Waals surface area (Å²) in [5.41, 5.74) is 3.38. The molecule has 0 aliphatic rings. The number of hydrogen-bond donors (Lipinski definition) is 1. The minimum absolute atomic E-state index is 0.165. The van der Waals surface area contributed by atoms with Gasteiger partial charge in [-0.1, -0.05) is 6.07 Å². The summed E-state index contributed by atoms with van der Waals surface area (Å²) in [5, 5.41) is 7.30. The number of nitrogens with zero attached hydrogens (tertiary/aromatic N) is 5. The third-order valence-corrected chi connectivity index (χ3v) is 4.57. The number of nitrogens with one attached hydrogen (secondary N) is 1. The van der Waals surface area contributed by atoms with Crippen molar-refractivity contribution < 1.29 is 9.53 Å². The van der Waals surface area contributed by atoms with Crippen molar-refractivity contribution in [3.8, 4) is 16.9 Å². The summed E-state index contributed by atoms with van der Waals surface area (Å²) < 4.78 is 8.95. The number of amides is 1. The van der Waals surface area contributed by atoms with Gasteiger partial charge in [-0.15, -0.1) is 0 Å². The Morgan fingerprint density at radius 1 is 1.10 bits per heavy atom. The molecule has 0 aliphatic carbocycles. The summed E-state index contributed by atoms with van der Waals surface area (Å²) in [4.78, 5) is 20.8. The molecule has 0 spiro atoms. The van der Waals surface area contributed by atoms with Crippen LogP contribution in [-0.4, -0.2) is 49.8 Å². The minimum atomic E-state index is -0.165. The molecule has 1 amide bonds. The molecule has 0 atom stereocenters. The van der Waals surface area contributed by atoms with Gasteiger partial charge in [-0.05, 0) is 37.6 Å². The van der Waals surface area contributed by atoms with Gasteiger partial charge in [0, 0.05) is 55.0 Å². The molecule has 0 saturated carbocycles. The van der Waals surface area contributed by atoms with Gasteiger partial charge in [-0.2, -0.15) is 5.10 Å².